The Bertz CT molecular complexity index is 1230. The van der Waals surface area contributed by atoms with E-state index in [-0.39, 0.29) is 0 Å². The number of aromatic nitrogens is 2. The highest BCUT2D eigenvalue weighted by molar-refractivity contribution is 5.93. The van der Waals surface area contributed by atoms with E-state index in [9.17, 15) is 4.79 Å². The molecule has 0 bridgehead atoms. The Kier molecular flexibility index (Phi) is 8.05. The van der Waals surface area contributed by atoms with Gasteiger partial charge in [0.1, 0.15) is 12.4 Å². The smallest absolute Gasteiger partial charge is 0.274 e. The zero-order valence-electron chi connectivity index (χ0n) is 18.9. The van der Waals surface area contributed by atoms with Crippen molar-refractivity contribution in [3.8, 4) is 5.75 Å². The van der Waals surface area contributed by atoms with Gasteiger partial charge in [-0.25, -0.2) is 10.5 Å². The average molecular weight is 457 g/mol. The van der Waals surface area contributed by atoms with Gasteiger partial charge in [0.05, 0.1) is 6.33 Å². The molecule has 0 atom stereocenters. The summed E-state index contributed by atoms with van der Waals surface area (Å²) in [5, 5.41) is 14.5. The first kappa shape index (κ1) is 23.2. The van der Waals surface area contributed by atoms with E-state index in [1.54, 1.807) is 23.8 Å². The summed E-state index contributed by atoms with van der Waals surface area (Å²) in [4.78, 5) is 15.7. The van der Waals surface area contributed by atoms with Gasteiger partial charge in [0, 0.05) is 36.4 Å². The molecule has 0 unspecified atom stereocenters. The van der Waals surface area contributed by atoms with Crippen molar-refractivity contribution in [2.45, 2.75) is 13.0 Å². The van der Waals surface area contributed by atoms with E-state index in [1.807, 2.05) is 48.9 Å². The standard InChI is InChI=1S/C27H28N4O3/c32-27(30-33)24-11-9-21(10-12-24)17-22(18-28-13-4-15-31-16-14-29-20-31)19-34-26-8-3-6-23-5-1-2-7-25(23)26/h1-3,5-12,14,16-17,20,28,33H,4,13,15,18-19H2,(H,30,32)/b22-17+. The number of benzene rings is 3. The molecule has 1 aromatic heterocycles. The fourth-order valence-electron chi connectivity index (χ4n) is 3.72. The van der Waals surface area contributed by atoms with Crippen molar-refractivity contribution in [3.05, 3.63) is 102 Å². The number of nitrogens with one attached hydrogen (secondary N) is 2. The van der Waals surface area contributed by atoms with Crippen molar-refractivity contribution in [1.82, 2.24) is 20.3 Å². The second-order valence-corrected chi connectivity index (χ2v) is 7.96. The number of aryl methyl sites for hydroxylation is 1. The fraction of sp³-hybridized carbons (Fsp3) is 0.185. The predicted octanol–water partition coefficient (Wildman–Crippen LogP) is 4.30. The van der Waals surface area contributed by atoms with E-state index in [0.717, 1.165) is 47.2 Å². The summed E-state index contributed by atoms with van der Waals surface area (Å²) in [7, 11) is 0. The Balaban J connectivity index is 1.43. The first-order valence-corrected chi connectivity index (χ1v) is 11.2. The zero-order chi connectivity index (χ0) is 23.6. The van der Waals surface area contributed by atoms with Crippen LogP contribution in [0.15, 0.2) is 91.0 Å². The predicted molar refractivity (Wildman–Crippen MR) is 133 cm³/mol. The molecule has 174 valence electrons. The van der Waals surface area contributed by atoms with Crippen LogP contribution in [0.1, 0.15) is 22.3 Å². The summed E-state index contributed by atoms with van der Waals surface area (Å²) < 4.78 is 8.29. The first-order chi connectivity index (χ1) is 16.7. The lowest BCUT2D eigenvalue weighted by molar-refractivity contribution is 0.0706. The van der Waals surface area contributed by atoms with Gasteiger partial charge < -0.3 is 14.6 Å². The number of carbonyl (C=O) groups is 1. The van der Waals surface area contributed by atoms with Gasteiger partial charge in [0.2, 0.25) is 0 Å². The molecule has 34 heavy (non-hydrogen) atoms. The molecule has 0 saturated heterocycles. The van der Waals surface area contributed by atoms with Crippen LogP contribution in [0, 0.1) is 0 Å². The van der Waals surface area contributed by atoms with Crippen LogP contribution in [0.25, 0.3) is 16.8 Å². The van der Waals surface area contributed by atoms with E-state index < -0.39 is 5.91 Å². The molecule has 4 aromatic rings. The van der Waals surface area contributed by atoms with Gasteiger partial charge in [0.25, 0.3) is 5.91 Å². The van der Waals surface area contributed by atoms with Gasteiger partial charge >= 0.3 is 0 Å². The summed E-state index contributed by atoms with van der Waals surface area (Å²) in [5.41, 5.74) is 4.08. The van der Waals surface area contributed by atoms with E-state index in [4.69, 9.17) is 9.94 Å². The lowest BCUT2D eigenvalue weighted by atomic mass is 10.1. The van der Waals surface area contributed by atoms with E-state index >= 15 is 0 Å². The number of hydrogen-bond donors (Lipinski definition) is 3. The first-order valence-electron chi connectivity index (χ1n) is 11.2. The van der Waals surface area contributed by atoms with E-state index in [2.05, 4.69) is 39.1 Å². The van der Waals surface area contributed by atoms with Crippen molar-refractivity contribution in [3.63, 3.8) is 0 Å². The maximum atomic E-state index is 11.6. The highest BCUT2D eigenvalue weighted by atomic mass is 16.5. The SMILES string of the molecule is O=C(NO)c1ccc(/C=C(\CNCCCn2ccnc2)COc2cccc3ccccc23)cc1. The number of imidazole rings is 1. The summed E-state index contributed by atoms with van der Waals surface area (Å²) >= 11 is 0. The highest BCUT2D eigenvalue weighted by Gasteiger charge is 2.06. The van der Waals surface area contributed by atoms with Crippen LogP contribution in [-0.4, -0.2) is 40.4 Å². The number of carbonyl (C=O) groups excluding carboxylic acids is 1. The topological polar surface area (TPSA) is 88.4 Å². The molecule has 0 saturated carbocycles. The Labute approximate surface area is 198 Å². The Morgan fingerprint density at radius 3 is 2.68 bits per heavy atom. The number of rotatable bonds is 11. The van der Waals surface area contributed by atoms with Crippen molar-refractivity contribution in [2.24, 2.45) is 0 Å². The fourth-order valence-corrected chi connectivity index (χ4v) is 3.72. The molecule has 0 aliphatic heterocycles. The molecule has 0 aliphatic rings. The second kappa shape index (κ2) is 11.8. The lowest BCUT2D eigenvalue weighted by Gasteiger charge is -2.14. The minimum absolute atomic E-state index is 0.394. The zero-order valence-corrected chi connectivity index (χ0v) is 18.9. The van der Waals surface area contributed by atoms with Crippen LogP contribution in [0.5, 0.6) is 5.75 Å². The molecule has 0 aliphatic carbocycles. The van der Waals surface area contributed by atoms with Crippen LogP contribution >= 0.6 is 0 Å². The van der Waals surface area contributed by atoms with Crippen molar-refractivity contribution < 1.29 is 14.7 Å². The molecular weight excluding hydrogens is 428 g/mol. The molecule has 4 rings (SSSR count). The minimum Gasteiger partial charge on any atom is -0.489 e. The molecule has 7 nitrogen and oxygen atoms in total. The third-order valence-electron chi connectivity index (χ3n) is 5.49. The lowest BCUT2D eigenvalue weighted by Crippen LogP contribution is -2.22. The largest absolute Gasteiger partial charge is 0.489 e. The third-order valence-corrected chi connectivity index (χ3v) is 5.49. The number of amides is 1. The van der Waals surface area contributed by atoms with Crippen molar-refractivity contribution in [1.29, 1.82) is 0 Å². The van der Waals surface area contributed by atoms with Gasteiger partial charge in [0.15, 0.2) is 0 Å². The van der Waals surface area contributed by atoms with Crippen LogP contribution in [0.4, 0.5) is 0 Å². The molecule has 1 heterocycles. The second-order valence-electron chi connectivity index (χ2n) is 7.96. The average Bonchev–Trinajstić information content (AvgIpc) is 3.40. The Hall–Kier alpha value is -3.94. The summed E-state index contributed by atoms with van der Waals surface area (Å²) in [5.74, 6) is 0.314. The van der Waals surface area contributed by atoms with Crippen LogP contribution in [0.2, 0.25) is 0 Å². The molecule has 0 spiro atoms. The number of hydroxylamine groups is 1. The van der Waals surface area contributed by atoms with E-state index in [0.29, 0.717) is 18.7 Å². The van der Waals surface area contributed by atoms with Crippen LogP contribution < -0.4 is 15.5 Å². The summed E-state index contributed by atoms with van der Waals surface area (Å²) in [6.07, 6.45) is 8.62. The number of hydrogen-bond acceptors (Lipinski definition) is 5. The maximum absolute atomic E-state index is 11.6. The van der Waals surface area contributed by atoms with Crippen LogP contribution in [-0.2, 0) is 6.54 Å². The molecular formula is C27H28N4O3. The van der Waals surface area contributed by atoms with Gasteiger partial charge in [-0.2, -0.15) is 0 Å². The maximum Gasteiger partial charge on any atom is 0.274 e. The monoisotopic (exact) mass is 456 g/mol. The molecule has 3 aromatic carbocycles. The molecule has 3 N–H and O–H groups in total. The van der Waals surface area contributed by atoms with Gasteiger partial charge in [-0.3, -0.25) is 10.0 Å². The van der Waals surface area contributed by atoms with Gasteiger partial charge in [-0.05, 0) is 47.7 Å². The molecule has 1 amide bonds. The number of fused-ring (bicyclic) bond motifs is 1. The van der Waals surface area contributed by atoms with Gasteiger partial charge in [-0.15, -0.1) is 0 Å². The third kappa shape index (κ3) is 6.31. The number of nitrogens with zero attached hydrogens (tertiary/aromatic N) is 2. The minimum atomic E-state index is -0.533. The molecule has 7 heteroatoms. The number of ether oxygens (including phenoxy) is 1. The molecule has 0 radical (unpaired) electrons. The van der Waals surface area contributed by atoms with E-state index in [1.165, 1.54) is 0 Å². The van der Waals surface area contributed by atoms with Gasteiger partial charge in [-0.1, -0.05) is 54.6 Å². The normalized spacial score (nSPS) is 11.5. The Morgan fingerprint density at radius 1 is 1.06 bits per heavy atom. The summed E-state index contributed by atoms with van der Waals surface area (Å²) in [6.45, 7) is 2.88. The van der Waals surface area contributed by atoms with Crippen molar-refractivity contribution in [2.75, 3.05) is 19.7 Å². The van der Waals surface area contributed by atoms with Crippen LogP contribution in [0.3, 0.4) is 0 Å². The molecule has 0 fully saturated rings. The Morgan fingerprint density at radius 2 is 1.88 bits per heavy atom. The summed E-state index contributed by atoms with van der Waals surface area (Å²) in [6, 6.07) is 21.3. The van der Waals surface area contributed by atoms with Crippen molar-refractivity contribution >= 4 is 22.8 Å². The quantitative estimate of drug-likeness (QED) is 0.178. The highest BCUT2D eigenvalue weighted by Crippen LogP contribution is 2.25.